The molecule has 0 saturated heterocycles. The SMILES string of the molecule is CC1(C)CC(=O)C2=C(C1)Nc1ccccc1N(C(=O)Cc1ccc(Cl)cc1)[C@H]2c1cccs1. The van der Waals surface area contributed by atoms with Crippen molar-refractivity contribution in [2.75, 3.05) is 10.2 Å². The minimum Gasteiger partial charge on any atom is -0.357 e. The summed E-state index contributed by atoms with van der Waals surface area (Å²) in [5, 5.41) is 6.18. The van der Waals surface area contributed by atoms with Crippen molar-refractivity contribution >= 4 is 46.0 Å². The summed E-state index contributed by atoms with van der Waals surface area (Å²) in [4.78, 5) is 30.3. The monoisotopic (exact) mass is 476 g/mol. The van der Waals surface area contributed by atoms with Crippen LogP contribution >= 0.6 is 22.9 Å². The number of carbonyl (C=O) groups excluding carboxylic acids is 2. The third-order valence-electron chi connectivity index (χ3n) is 6.25. The normalized spacial score (nSPS) is 19.4. The molecule has 2 heterocycles. The molecule has 1 atom stereocenters. The Balaban J connectivity index is 1.68. The molecule has 0 radical (unpaired) electrons. The zero-order chi connectivity index (χ0) is 23.2. The minimum atomic E-state index is -0.459. The summed E-state index contributed by atoms with van der Waals surface area (Å²) < 4.78 is 0. The van der Waals surface area contributed by atoms with Gasteiger partial charge >= 0.3 is 0 Å². The zero-order valence-electron chi connectivity index (χ0n) is 18.6. The average molecular weight is 477 g/mol. The van der Waals surface area contributed by atoms with Crippen molar-refractivity contribution in [3.63, 3.8) is 0 Å². The van der Waals surface area contributed by atoms with Gasteiger partial charge in [-0.1, -0.05) is 55.8 Å². The third-order valence-corrected chi connectivity index (χ3v) is 7.43. The Labute approximate surface area is 202 Å². The number of carbonyl (C=O) groups is 2. The van der Waals surface area contributed by atoms with E-state index >= 15 is 0 Å². The molecular formula is C27H25ClN2O2S. The number of hydrogen-bond acceptors (Lipinski definition) is 4. The van der Waals surface area contributed by atoms with Crippen LogP contribution in [0.5, 0.6) is 0 Å². The number of benzene rings is 2. The molecule has 1 amide bonds. The van der Waals surface area contributed by atoms with E-state index in [2.05, 4.69) is 19.2 Å². The maximum absolute atomic E-state index is 13.9. The molecule has 2 aromatic carbocycles. The van der Waals surface area contributed by atoms with E-state index < -0.39 is 6.04 Å². The number of ketones is 1. The van der Waals surface area contributed by atoms with E-state index in [0.717, 1.165) is 33.9 Å². The van der Waals surface area contributed by atoms with Gasteiger partial charge in [-0.3, -0.25) is 14.5 Å². The lowest BCUT2D eigenvalue weighted by Crippen LogP contribution is -2.40. The van der Waals surface area contributed by atoms with Gasteiger partial charge < -0.3 is 5.32 Å². The second kappa shape index (κ2) is 8.47. The number of nitrogens with zero attached hydrogens (tertiary/aromatic N) is 1. The molecule has 3 aromatic rings. The van der Waals surface area contributed by atoms with Crippen LogP contribution in [0.1, 0.15) is 43.2 Å². The maximum Gasteiger partial charge on any atom is 0.232 e. The van der Waals surface area contributed by atoms with Crippen LogP contribution in [0, 0.1) is 5.41 Å². The topological polar surface area (TPSA) is 49.4 Å². The van der Waals surface area contributed by atoms with Gasteiger partial charge in [0.25, 0.3) is 0 Å². The number of anilines is 2. The van der Waals surface area contributed by atoms with Gasteiger partial charge in [0, 0.05) is 27.6 Å². The fourth-order valence-corrected chi connectivity index (χ4v) is 5.79. The molecule has 1 N–H and O–H groups in total. The Hall–Kier alpha value is -2.89. The largest absolute Gasteiger partial charge is 0.357 e. The highest BCUT2D eigenvalue weighted by atomic mass is 35.5. The summed E-state index contributed by atoms with van der Waals surface area (Å²) in [6.45, 7) is 4.24. The molecule has 6 heteroatoms. The Bertz CT molecular complexity index is 1250. The Kier molecular flexibility index (Phi) is 5.63. The van der Waals surface area contributed by atoms with E-state index in [4.69, 9.17) is 11.6 Å². The Morgan fingerprint density at radius 1 is 1.09 bits per heavy atom. The molecular weight excluding hydrogens is 452 g/mol. The van der Waals surface area contributed by atoms with Crippen molar-refractivity contribution in [3.8, 4) is 0 Å². The van der Waals surface area contributed by atoms with Crippen LogP contribution < -0.4 is 10.2 Å². The highest BCUT2D eigenvalue weighted by Crippen LogP contribution is 2.49. The van der Waals surface area contributed by atoms with Gasteiger partial charge in [-0.2, -0.15) is 0 Å². The van der Waals surface area contributed by atoms with E-state index in [9.17, 15) is 9.59 Å². The molecule has 0 bridgehead atoms. The lowest BCUT2D eigenvalue weighted by molar-refractivity contribution is -0.119. The second-order valence-electron chi connectivity index (χ2n) is 9.46. The van der Waals surface area contributed by atoms with Gasteiger partial charge in [0.1, 0.15) is 6.04 Å². The highest BCUT2D eigenvalue weighted by molar-refractivity contribution is 7.10. The smallest absolute Gasteiger partial charge is 0.232 e. The number of halogens is 1. The summed E-state index contributed by atoms with van der Waals surface area (Å²) in [6, 6.07) is 18.7. The van der Waals surface area contributed by atoms with Crippen LogP contribution in [0.25, 0.3) is 0 Å². The predicted octanol–water partition coefficient (Wildman–Crippen LogP) is 6.79. The first-order valence-electron chi connectivity index (χ1n) is 11.0. The molecule has 1 aromatic heterocycles. The van der Waals surface area contributed by atoms with Gasteiger partial charge in [0.15, 0.2) is 5.78 Å². The molecule has 0 saturated carbocycles. The van der Waals surface area contributed by atoms with E-state index in [1.54, 1.807) is 23.5 Å². The van der Waals surface area contributed by atoms with Crippen LogP contribution in [0.3, 0.4) is 0 Å². The van der Waals surface area contributed by atoms with Crippen LogP contribution in [0.15, 0.2) is 77.3 Å². The molecule has 0 spiro atoms. The number of thiophene rings is 1. The van der Waals surface area contributed by atoms with Crippen molar-refractivity contribution < 1.29 is 9.59 Å². The Morgan fingerprint density at radius 3 is 2.58 bits per heavy atom. The first-order valence-corrected chi connectivity index (χ1v) is 12.3. The molecule has 0 unspecified atom stereocenters. The van der Waals surface area contributed by atoms with Gasteiger partial charge in [-0.25, -0.2) is 0 Å². The summed E-state index contributed by atoms with van der Waals surface area (Å²) in [6.07, 6.45) is 1.43. The lowest BCUT2D eigenvalue weighted by Gasteiger charge is -2.36. The number of rotatable bonds is 3. The molecule has 0 fully saturated rings. The van der Waals surface area contributed by atoms with Gasteiger partial charge in [-0.05, 0) is 53.1 Å². The number of fused-ring (bicyclic) bond motifs is 1. The highest BCUT2D eigenvalue weighted by Gasteiger charge is 2.43. The molecule has 2 aliphatic rings. The number of amides is 1. The minimum absolute atomic E-state index is 0.0589. The summed E-state index contributed by atoms with van der Waals surface area (Å²) in [5.74, 6) is 0.0422. The summed E-state index contributed by atoms with van der Waals surface area (Å²) in [5.41, 5.74) is 4.00. The molecule has 33 heavy (non-hydrogen) atoms. The molecule has 4 nitrogen and oxygen atoms in total. The zero-order valence-corrected chi connectivity index (χ0v) is 20.2. The fraction of sp³-hybridized carbons (Fsp3) is 0.259. The summed E-state index contributed by atoms with van der Waals surface area (Å²) in [7, 11) is 0. The lowest BCUT2D eigenvalue weighted by atomic mass is 9.74. The van der Waals surface area contributed by atoms with Crippen LogP contribution in [-0.4, -0.2) is 11.7 Å². The van der Waals surface area contributed by atoms with Crippen LogP contribution in [-0.2, 0) is 16.0 Å². The van der Waals surface area contributed by atoms with Gasteiger partial charge in [-0.15, -0.1) is 11.3 Å². The van der Waals surface area contributed by atoms with Crippen LogP contribution in [0.4, 0.5) is 11.4 Å². The first kappa shape index (κ1) is 21.9. The molecule has 1 aliphatic heterocycles. The number of allylic oxidation sites excluding steroid dienone is 1. The average Bonchev–Trinajstić information content (AvgIpc) is 3.24. The number of para-hydroxylation sites is 2. The maximum atomic E-state index is 13.9. The second-order valence-corrected chi connectivity index (χ2v) is 10.9. The van der Waals surface area contributed by atoms with Crippen molar-refractivity contribution in [1.82, 2.24) is 0 Å². The quantitative estimate of drug-likeness (QED) is 0.453. The van der Waals surface area contributed by atoms with E-state index in [1.165, 1.54) is 0 Å². The van der Waals surface area contributed by atoms with E-state index in [0.29, 0.717) is 17.0 Å². The van der Waals surface area contributed by atoms with Gasteiger partial charge in [0.05, 0.1) is 17.8 Å². The molecule has 5 rings (SSSR count). The van der Waals surface area contributed by atoms with Crippen LogP contribution in [0.2, 0.25) is 5.02 Å². The first-order chi connectivity index (χ1) is 15.8. The standard InChI is InChI=1S/C27H25ClN2O2S/c1-27(2)15-20-25(22(31)16-27)26(23-8-5-13-33-23)30(21-7-4-3-6-19(21)29-20)24(32)14-17-9-11-18(28)12-10-17/h3-13,26,29H,14-16H2,1-2H3/t26-/m0/s1. The third kappa shape index (κ3) is 4.23. The van der Waals surface area contributed by atoms with Crippen molar-refractivity contribution in [1.29, 1.82) is 0 Å². The van der Waals surface area contributed by atoms with Crippen molar-refractivity contribution in [3.05, 3.63) is 92.8 Å². The van der Waals surface area contributed by atoms with Gasteiger partial charge in [0.2, 0.25) is 5.91 Å². The van der Waals surface area contributed by atoms with E-state index in [-0.39, 0.29) is 23.5 Å². The number of nitrogens with one attached hydrogen (secondary N) is 1. The molecule has 1 aliphatic carbocycles. The summed E-state index contributed by atoms with van der Waals surface area (Å²) >= 11 is 7.62. The van der Waals surface area contributed by atoms with Crippen molar-refractivity contribution in [2.24, 2.45) is 5.41 Å². The van der Waals surface area contributed by atoms with E-state index in [1.807, 2.05) is 58.8 Å². The Morgan fingerprint density at radius 2 is 1.85 bits per heavy atom. The number of hydrogen-bond donors (Lipinski definition) is 1. The molecule has 168 valence electrons. The van der Waals surface area contributed by atoms with Crippen molar-refractivity contribution in [2.45, 2.75) is 39.2 Å². The fourth-order valence-electron chi connectivity index (χ4n) is 4.84. The number of Topliss-reactive ketones (excluding diaryl/α,β-unsaturated/α-hetero) is 1. The predicted molar refractivity (Wildman–Crippen MR) is 135 cm³/mol.